The Labute approximate surface area is 124 Å². The van der Waals surface area contributed by atoms with Gasteiger partial charge in [0.05, 0.1) is 5.69 Å². The Kier molecular flexibility index (Phi) is 4.23. The number of carbonyl (C=O) groups excluding carboxylic acids is 1. The molecule has 0 spiro atoms. The van der Waals surface area contributed by atoms with Gasteiger partial charge in [-0.1, -0.05) is 18.2 Å². The molecule has 21 heavy (non-hydrogen) atoms. The first-order valence-corrected chi connectivity index (χ1v) is 6.65. The Balaban J connectivity index is 2.14. The lowest BCUT2D eigenvalue weighted by molar-refractivity contribution is 0.0580. The largest absolute Gasteiger partial charge is 0.442 e. The number of nitrogens with two attached hydrogens (primary N) is 1. The van der Waals surface area contributed by atoms with Crippen LogP contribution in [0, 0.1) is 0 Å². The highest BCUT2D eigenvalue weighted by Gasteiger charge is 2.21. The van der Waals surface area contributed by atoms with Crippen molar-refractivity contribution in [1.82, 2.24) is 4.98 Å². The number of pyridine rings is 1. The van der Waals surface area contributed by atoms with Gasteiger partial charge in [0.15, 0.2) is 0 Å². The summed E-state index contributed by atoms with van der Waals surface area (Å²) in [5.41, 5.74) is 2.00. The summed E-state index contributed by atoms with van der Waals surface area (Å²) in [5.74, 6) is 5.78. The zero-order valence-corrected chi connectivity index (χ0v) is 12.4. The highest BCUT2D eigenvalue weighted by Crippen LogP contribution is 2.22. The summed E-state index contributed by atoms with van der Waals surface area (Å²) in [5, 5.41) is 0.998. The predicted molar refractivity (Wildman–Crippen MR) is 82.6 cm³/mol. The number of hydrogen-bond donors (Lipinski definition) is 1. The number of hydrogen-bond acceptors (Lipinski definition) is 4. The first kappa shape index (κ1) is 15.0. The lowest BCUT2D eigenvalue weighted by Crippen LogP contribution is -2.41. The number of rotatable bonds is 2. The summed E-state index contributed by atoms with van der Waals surface area (Å²) in [6.07, 6.45) is 2.92. The Morgan fingerprint density at radius 1 is 1.14 bits per heavy atom. The second-order valence-electron chi connectivity index (χ2n) is 5.64. The smallest absolute Gasteiger partial charge is 0.429 e. The highest BCUT2D eigenvalue weighted by molar-refractivity contribution is 5.87. The zero-order valence-electron chi connectivity index (χ0n) is 12.4. The molecule has 0 aliphatic rings. The molecule has 2 rings (SSSR count). The molecule has 0 unspecified atom stereocenters. The summed E-state index contributed by atoms with van der Waals surface area (Å²) in [6, 6.07) is 11.2. The lowest BCUT2D eigenvalue weighted by atomic mass is 10.1. The third-order valence-electron chi connectivity index (χ3n) is 2.73. The van der Waals surface area contributed by atoms with Crippen molar-refractivity contribution < 1.29 is 9.53 Å². The number of benzene rings is 1. The van der Waals surface area contributed by atoms with E-state index in [-0.39, 0.29) is 0 Å². The van der Waals surface area contributed by atoms with Crippen LogP contribution in [-0.2, 0) is 4.74 Å². The number of hydrazine groups is 1. The van der Waals surface area contributed by atoms with E-state index in [1.807, 2.05) is 24.3 Å². The van der Waals surface area contributed by atoms with Crippen molar-refractivity contribution in [3.05, 3.63) is 48.8 Å². The SMILES string of the molecule is CC(C)(C)OC(=O)N(N)c1ccc(-c2cccnc2)cc1. The number of carbonyl (C=O) groups is 1. The first-order valence-electron chi connectivity index (χ1n) is 6.65. The summed E-state index contributed by atoms with van der Waals surface area (Å²) < 4.78 is 5.22. The fraction of sp³-hybridized carbons (Fsp3) is 0.250. The van der Waals surface area contributed by atoms with E-state index in [4.69, 9.17) is 10.6 Å². The maximum absolute atomic E-state index is 11.9. The van der Waals surface area contributed by atoms with E-state index in [1.54, 1.807) is 45.3 Å². The van der Waals surface area contributed by atoms with Crippen LogP contribution in [-0.4, -0.2) is 16.7 Å². The van der Waals surface area contributed by atoms with E-state index in [2.05, 4.69) is 4.98 Å². The second kappa shape index (κ2) is 5.93. The Morgan fingerprint density at radius 2 is 1.81 bits per heavy atom. The van der Waals surface area contributed by atoms with Gasteiger partial charge >= 0.3 is 6.09 Å². The molecule has 0 aliphatic heterocycles. The van der Waals surface area contributed by atoms with Gasteiger partial charge in [-0.15, -0.1) is 0 Å². The Morgan fingerprint density at radius 3 is 2.33 bits per heavy atom. The van der Waals surface area contributed by atoms with Crippen molar-refractivity contribution in [2.75, 3.05) is 5.01 Å². The Hall–Kier alpha value is -2.40. The van der Waals surface area contributed by atoms with Gasteiger partial charge < -0.3 is 4.74 Å². The minimum Gasteiger partial charge on any atom is -0.442 e. The number of nitrogens with zero attached hydrogens (tertiary/aromatic N) is 2. The maximum Gasteiger partial charge on any atom is 0.429 e. The van der Waals surface area contributed by atoms with Crippen molar-refractivity contribution in [3.8, 4) is 11.1 Å². The molecule has 0 saturated heterocycles. The summed E-state index contributed by atoms with van der Waals surface area (Å²) in [4.78, 5) is 16.0. The molecular formula is C16H19N3O2. The van der Waals surface area contributed by atoms with Gasteiger partial charge in [0, 0.05) is 12.4 Å². The van der Waals surface area contributed by atoms with E-state index in [1.165, 1.54) is 0 Å². The van der Waals surface area contributed by atoms with Crippen LogP contribution in [0.1, 0.15) is 20.8 Å². The number of anilines is 1. The molecule has 1 aromatic heterocycles. The van der Waals surface area contributed by atoms with Gasteiger partial charge in [-0.05, 0) is 50.1 Å². The molecule has 5 nitrogen and oxygen atoms in total. The van der Waals surface area contributed by atoms with Crippen molar-refractivity contribution >= 4 is 11.8 Å². The van der Waals surface area contributed by atoms with Gasteiger partial charge in [0.1, 0.15) is 5.60 Å². The first-order chi connectivity index (χ1) is 9.87. The van der Waals surface area contributed by atoms with Crippen molar-refractivity contribution in [1.29, 1.82) is 0 Å². The number of ether oxygens (including phenoxy) is 1. The quantitative estimate of drug-likeness (QED) is 0.522. The molecular weight excluding hydrogens is 266 g/mol. The summed E-state index contributed by atoms with van der Waals surface area (Å²) >= 11 is 0. The van der Waals surface area contributed by atoms with Gasteiger partial charge in [-0.25, -0.2) is 15.6 Å². The summed E-state index contributed by atoms with van der Waals surface area (Å²) in [6.45, 7) is 5.39. The molecule has 0 fully saturated rings. The maximum atomic E-state index is 11.9. The minimum absolute atomic E-state index is 0.567. The van der Waals surface area contributed by atoms with Crippen LogP contribution >= 0.6 is 0 Å². The van der Waals surface area contributed by atoms with E-state index in [0.29, 0.717) is 5.69 Å². The van der Waals surface area contributed by atoms with Crippen molar-refractivity contribution in [2.24, 2.45) is 5.84 Å². The van der Waals surface area contributed by atoms with Crippen LogP contribution in [0.5, 0.6) is 0 Å². The van der Waals surface area contributed by atoms with E-state index < -0.39 is 11.7 Å². The van der Waals surface area contributed by atoms with Gasteiger partial charge in [0.2, 0.25) is 0 Å². The molecule has 1 aromatic carbocycles. The number of aromatic nitrogens is 1. The third kappa shape index (κ3) is 4.03. The molecule has 5 heteroatoms. The number of amides is 1. The standard InChI is InChI=1S/C16H19N3O2/c1-16(2,3)21-15(20)19(17)14-8-6-12(7-9-14)13-5-4-10-18-11-13/h4-11H,17H2,1-3H3. The van der Waals surface area contributed by atoms with Gasteiger partial charge in [0.25, 0.3) is 0 Å². The monoisotopic (exact) mass is 285 g/mol. The normalized spacial score (nSPS) is 11.0. The highest BCUT2D eigenvalue weighted by atomic mass is 16.6. The van der Waals surface area contributed by atoms with E-state index in [0.717, 1.165) is 16.1 Å². The average molecular weight is 285 g/mol. The molecule has 110 valence electrons. The molecule has 2 aromatic rings. The average Bonchev–Trinajstić information content (AvgIpc) is 2.46. The predicted octanol–water partition coefficient (Wildman–Crippen LogP) is 3.36. The third-order valence-corrected chi connectivity index (χ3v) is 2.73. The van der Waals surface area contributed by atoms with Crippen LogP contribution in [0.25, 0.3) is 11.1 Å². The summed E-state index contributed by atoms with van der Waals surface area (Å²) in [7, 11) is 0. The molecule has 2 N–H and O–H groups in total. The van der Waals surface area contributed by atoms with Crippen LogP contribution in [0.15, 0.2) is 48.8 Å². The molecule has 0 atom stereocenters. The molecule has 0 aliphatic carbocycles. The zero-order chi connectivity index (χ0) is 15.5. The van der Waals surface area contributed by atoms with Gasteiger partial charge in [-0.2, -0.15) is 0 Å². The van der Waals surface area contributed by atoms with Gasteiger partial charge in [-0.3, -0.25) is 4.98 Å². The van der Waals surface area contributed by atoms with Crippen molar-refractivity contribution in [3.63, 3.8) is 0 Å². The fourth-order valence-corrected chi connectivity index (χ4v) is 1.76. The van der Waals surface area contributed by atoms with Crippen molar-refractivity contribution in [2.45, 2.75) is 26.4 Å². The Bertz CT molecular complexity index is 604. The molecule has 0 bridgehead atoms. The van der Waals surface area contributed by atoms with Crippen LogP contribution in [0.2, 0.25) is 0 Å². The molecule has 0 saturated carbocycles. The van der Waals surface area contributed by atoms with Crippen LogP contribution in [0.4, 0.5) is 10.5 Å². The molecule has 1 amide bonds. The lowest BCUT2D eigenvalue weighted by Gasteiger charge is -2.24. The minimum atomic E-state index is -0.586. The van der Waals surface area contributed by atoms with E-state index in [9.17, 15) is 4.79 Å². The van der Waals surface area contributed by atoms with Crippen LogP contribution < -0.4 is 10.9 Å². The molecule has 1 heterocycles. The van der Waals surface area contributed by atoms with E-state index >= 15 is 0 Å². The van der Waals surface area contributed by atoms with Crippen LogP contribution in [0.3, 0.4) is 0 Å². The fourth-order valence-electron chi connectivity index (χ4n) is 1.76. The topological polar surface area (TPSA) is 68.5 Å². The second-order valence-corrected chi connectivity index (χ2v) is 5.64. The molecule has 0 radical (unpaired) electrons.